The van der Waals surface area contributed by atoms with E-state index in [-0.39, 0.29) is 5.75 Å². The Morgan fingerprint density at radius 3 is 2.94 bits per heavy atom. The van der Waals surface area contributed by atoms with Gasteiger partial charge in [0, 0.05) is 10.9 Å². The topological polar surface area (TPSA) is 76.7 Å². The Balaban J connectivity index is 2.30. The molecule has 0 radical (unpaired) electrons. The van der Waals surface area contributed by atoms with Gasteiger partial charge < -0.3 is 5.11 Å². The summed E-state index contributed by atoms with van der Waals surface area (Å²) in [4.78, 5) is 4.22. The van der Waals surface area contributed by atoms with Crippen LogP contribution in [0.25, 0.3) is 16.6 Å². The van der Waals surface area contributed by atoms with Crippen molar-refractivity contribution < 1.29 is 5.11 Å². The third-order valence-electron chi connectivity index (χ3n) is 2.66. The van der Waals surface area contributed by atoms with Crippen molar-refractivity contribution in [1.29, 1.82) is 0 Å². The lowest BCUT2D eigenvalue weighted by molar-refractivity contribution is 0.474. The van der Waals surface area contributed by atoms with Gasteiger partial charge >= 0.3 is 0 Å². The predicted molar refractivity (Wildman–Crippen MR) is 60.9 cm³/mol. The van der Waals surface area contributed by atoms with Crippen LogP contribution in [-0.4, -0.2) is 30.3 Å². The Kier molecular flexibility index (Phi) is 2.01. The number of aromatic hydroxyl groups is 1. The lowest BCUT2D eigenvalue weighted by Crippen LogP contribution is -1.99. The number of tetrazole rings is 1. The van der Waals surface area contributed by atoms with Crippen molar-refractivity contribution in [3.63, 3.8) is 0 Å². The first-order valence-electron chi connectivity index (χ1n) is 5.07. The van der Waals surface area contributed by atoms with Crippen LogP contribution in [0.2, 0.25) is 0 Å². The van der Waals surface area contributed by atoms with E-state index in [9.17, 15) is 5.11 Å². The maximum Gasteiger partial charge on any atom is 0.143 e. The number of benzene rings is 1. The van der Waals surface area contributed by atoms with Crippen molar-refractivity contribution in [2.75, 3.05) is 0 Å². The molecule has 84 valence electrons. The highest BCUT2D eigenvalue weighted by molar-refractivity contribution is 5.85. The molecule has 0 fully saturated rings. The molecule has 0 unspecified atom stereocenters. The molecular weight excluding hydrogens is 218 g/mol. The van der Waals surface area contributed by atoms with Gasteiger partial charge in [-0.3, -0.25) is 4.98 Å². The van der Waals surface area contributed by atoms with Crippen molar-refractivity contribution in [3.05, 3.63) is 36.3 Å². The standard InChI is InChI=1S/C11H9N5O/c1-7-10(16-6-13-14-15-16)3-2-8-4-9(17)5-12-11(7)8/h2-6,17H,1H3. The number of rotatable bonds is 1. The third-order valence-corrected chi connectivity index (χ3v) is 2.66. The van der Waals surface area contributed by atoms with E-state index in [1.807, 2.05) is 19.1 Å². The van der Waals surface area contributed by atoms with Crippen LogP contribution in [0.5, 0.6) is 5.75 Å². The van der Waals surface area contributed by atoms with Crippen molar-refractivity contribution in [2.24, 2.45) is 0 Å². The smallest absolute Gasteiger partial charge is 0.143 e. The molecule has 6 nitrogen and oxygen atoms in total. The summed E-state index contributed by atoms with van der Waals surface area (Å²) in [6.45, 7) is 1.95. The normalized spacial score (nSPS) is 10.9. The van der Waals surface area contributed by atoms with Gasteiger partial charge in [-0.1, -0.05) is 6.07 Å². The highest BCUT2D eigenvalue weighted by Crippen LogP contribution is 2.24. The van der Waals surface area contributed by atoms with Crippen molar-refractivity contribution >= 4 is 10.9 Å². The molecule has 0 aliphatic rings. The van der Waals surface area contributed by atoms with Crippen LogP contribution in [0, 0.1) is 6.92 Å². The van der Waals surface area contributed by atoms with Crippen LogP contribution in [0.15, 0.2) is 30.7 Å². The minimum atomic E-state index is 0.159. The Morgan fingerprint density at radius 2 is 2.18 bits per heavy atom. The van der Waals surface area contributed by atoms with Gasteiger partial charge in [-0.2, -0.15) is 0 Å². The molecule has 0 amide bonds. The molecule has 0 aliphatic heterocycles. The van der Waals surface area contributed by atoms with Gasteiger partial charge in [-0.25, -0.2) is 4.68 Å². The van der Waals surface area contributed by atoms with E-state index in [4.69, 9.17) is 0 Å². The SMILES string of the molecule is Cc1c(-n2cnnn2)ccc2cc(O)cnc12. The van der Waals surface area contributed by atoms with Crippen LogP contribution < -0.4 is 0 Å². The largest absolute Gasteiger partial charge is 0.506 e. The summed E-state index contributed by atoms with van der Waals surface area (Å²) in [5, 5.41) is 21.3. The van der Waals surface area contributed by atoms with Gasteiger partial charge in [-0.15, -0.1) is 5.10 Å². The van der Waals surface area contributed by atoms with E-state index < -0.39 is 0 Å². The highest BCUT2D eigenvalue weighted by atomic mass is 16.3. The Morgan fingerprint density at radius 1 is 1.29 bits per heavy atom. The van der Waals surface area contributed by atoms with E-state index in [0.717, 1.165) is 22.2 Å². The maximum absolute atomic E-state index is 9.37. The molecule has 2 heterocycles. The number of fused-ring (bicyclic) bond motifs is 1. The molecule has 2 aromatic heterocycles. The van der Waals surface area contributed by atoms with Crippen molar-refractivity contribution in [1.82, 2.24) is 25.2 Å². The summed E-state index contributed by atoms with van der Waals surface area (Å²) in [5.74, 6) is 0.159. The van der Waals surface area contributed by atoms with Gasteiger partial charge in [0.1, 0.15) is 12.1 Å². The predicted octanol–water partition coefficient (Wildman–Crippen LogP) is 1.22. The van der Waals surface area contributed by atoms with Crippen LogP contribution in [0.4, 0.5) is 0 Å². The average Bonchev–Trinajstić information content (AvgIpc) is 2.82. The average molecular weight is 227 g/mol. The molecule has 3 aromatic rings. The maximum atomic E-state index is 9.37. The fraction of sp³-hybridized carbons (Fsp3) is 0.0909. The lowest BCUT2D eigenvalue weighted by atomic mass is 10.1. The van der Waals surface area contributed by atoms with Crippen LogP contribution >= 0.6 is 0 Å². The number of nitrogens with zero attached hydrogens (tertiary/aromatic N) is 5. The molecule has 1 N–H and O–H groups in total. The van der Waals surface area contributed by atoms with Gasteiger partial charge in [-0.05, 0) is 29.5 Å². The Bertz CT molecular complexity index is 678. The first-order valence-corrected chi connectivity index (χ1v) is 5.07. The molecule has 1 aromatic carbocycles. The van der Waals surface area contributed by atoms with Gasteiger partial charge in [0.15, 0.2) is 0 Å². The Labute approximate surface area is 96.5 Å². The number of hydrogen-bond donors (Lipinski definition) is 1. The molecule has 0 bridgehead atoms. The molecule has 6 heteroatoms. The second-order valence-electron chi connectivity index (χ2n) is 3.73. The van der Waals surface area contributed by atoms with Crippen LogP contribution in [-0.2, 0) is 0 Å². The number of aromatic nitrogens is 5. The van der Waals surface area contributed by atoms with E-state index in [2.05, 4.69) is 20.5 Å². The van der Waals surface area contributed by atoms with E-state index >= 15 is 0 Å². The third kappa shape index (κ3) is 1.50. The summed E-state index contributed by atoms with van der Waals surface area (Å²) >= 11 is 0. The second-order valence-corrected chi connectivity index (χ2v) is 3.73. The first-order chi connectivity index (χ1) is 8.25. The lowest BCUT2D eigenvalue weighted by Gasteiger charge is -2.07. The minimum absolute atomic E-state index is 0.159. The molecule has 0 aliphatic carbocycles. The number of pyridine rings is 1. The fourth-order valence-corrected chi connectivity index (χ4v) is 1.85. The van der Waals surface area contributed by atoms with E-state index in [0.29, 0.717) is 0 Å². The summed E-state index contributed by atoms with van der Waals surface area (Å²) in [6.07, 6.45) is 2.97. The number of hydrogen-bond acceptors (Lipinski definition) is 5. The van der Waals surface area contributed by atoms with Crippen molar-refractivity contribution in [3.8, 4) is 11.4 Å². The van der Waals surface area contributed by atoms with Crippen LogP contribution in [0.1, 0.15) is 5.56 Å². The van der Waals surface area contributed by atoms with Crippen LogP contribution in [0.3, 0.4) is 0 Å². The highest BCUT2D eigenvalue weighted by Gasteiger charge is 2.07. The molecule has 0 saturated heterocycles. The quantitative estimate of drug-likeness (QED) is 0.676. The molecule has 0 spiro atoms. The molecule has 0 saturated carbocycles. The summed E-state index contributed by atoms with van der Waals surface area (Å²) in [6, 6.07) is 5.46. The van der Waals surface area contributed by atoms with Gasteiger partial charge in [0.25, 0.3) is 0 Å². The minimum Gasteiger partial charge on any atom is -0.506 e. The van der Waals surface area contributed by atoms with Crippen molar-refractivity contribution in [2.45, 2.75) is 6.92 Å². The molecule has 17 heavy (non-hydrogen) atoms. The number of aryl methyl sites for hydroxylation is 1. The molecular formula is C11H9N5O. The Hall–Kier alpha value is -2.50. The molecule has 3 rings (SSSR count). The fourth-order valence-electron chi connectivity index (χ4n) is 1.85. The molecule has 0 atom stereocenters. The van der Waals surface area contributed by atoms with E-state index in [1.54, 1.807) is 10.7 Å². The monoisotopic (exact) mass is 227 g/mol. The van der Waals surface area contributed by atoms with Gasteiger partial charge in [0.05, 0.1) is 17.4 Å². The first kappa shape index (κ1) is 9.71. The summed E-state index contributed by atoms with van der Waals surface area (Å²) < 4.78 is 1.59. The zero-order valence-electron chi connectivity index (χ0n) is 9.07. The zero-order valence-corrected chi connectivity index (χ0v) is 9.07. The second kappa shape index (κ2) is 3.51. The van der Waals surface area contributed by atoms with Gasteiger partial charge in [0.2, 0.25) is 0 Å². The summed E-state index contributed by atoms with van der Waals surface area (Å²) in [5.41, 5.74) is 2.67. The van der Waals surface area contributed by atoms with E-state index in [1.165, 1.54) is 12.5 Å². The summed E-state index contributed by atoms with van der Waals surface area (Å²) in [7, 11) is 0. The zero-order chi connectivity index (χ0) is 11.8.